The topological polar surface area (TPSA) is 66.9 Å². The average molecular weight is 350 g/mol. The highest BCUT2D eigenvalue weighted by Gasteiger charge is 2.12. The fraction of sp³-hybridized carbons (Fsp3) is 0.150. The van der Waals surface area contributed by atoms with Crippen LogP contribution in [0.25, 0.3) is 0 Å². The standard InChI is InChI=1S/C20H19FN4O/c1-13-7-3-4-8-15(13)12-22-19(26)18-11-14(2)23-20(25-18)24-17-10-6-5-9-16(17)21/h3-11H,12H2,1-2H3,(H,22,26)(H,23,24,25). The van der Waals surface area contributed by atoms with Gasteiger partial charge in [0.15, 0.2) is 0 Å². The van der Waals surface area contributed by atoms with E-state index >= 15 is 0 Å². The van der Waals surface area contributed by atoms with Crippen molar-refractivity contribution in [3.63, 3.8) is 0 Å². The molecule has 0 unspecified atom stereocenters. The number of hydrogen-bond acceptors (Lipinski definition) is 4. The Bertz CT molecular complexity index is 943. The first-order chi connectivity index (χ1) is 12.5. The van der Waals surface area contributed by atoms with Crippen LogP contribution in [0.2, 0.25) is 0 Å². The molecule has 1 amide bonds. The molecular weight excluding hydrogens is 331 g/mol. The Kier molecular flexibility index (Phi) is 5.22. The first-order valence-corrected chi connectivity index (χ1v) is 8.23. The Morgan fingerprint density at radius 1 is 1.04 bits per heavy atom. The van der Waals surface area contributed by atoms with Crippen LogP contribution in [0.5, 0.6) is 0 Å². The summed E-state index contributed by atoms with van der Waals surface area (Å²) in [5.74, 6) is -0.547. The summed E-state index contributed by atoms with van der Waals surface area (Å²) in [4.78, 5) is 20.9. The molecule has 0 radical (unpaired) electrons. The van der Waals surface area contributed by atoms with Crippen LogP contribution in [-0.2, 0) is 6.54 Å². The van der Waals surface area contributed by atoms with Crippen molar-refractivity contribution in [3.05, 3.63) is 82.9 Å². The van der Waals surface area contributed by atoms with E-state index in [1.54, 1.807) is 31.2 Å². The van der Waals surface area contributed by atoms with Gasteiger partial charge in [-0.05, 0) is 43.2 Å². The lowest BCUT2D eigenvalue weighted by atomic mass is 10.1. The number of aryl methyl sites for hydroxylation is 2. The average Bonchev–Trinajstić information content (AvgIpc) is 2.62. The molecule has 6 heteroatoms. The molecule has 0 bridgehead atoms. The summed E-state index contributed by atoms with van der Waals surface area (Å²) in [5.41, 5.74) is 3.24. The number of benzene rings is 2. The molecule has 2 N–H and O–H groups in total. The van der Waals surface area contributed by atoms with Crippen molar-refractivity contribution in [2.24, 2.45) is 0 Å². The van der Waals surface area contributed by atoms with Crippen molar-refractivity contribution >= 4 is 17.5 Å². The first-order valence-electron chi connectivity index (χ1n) is 8.23. The zero-order valence-electron chi connectivity index (χ0n) is 14.6. The van der Waals surface area contributed by atoms with Crippen LogP contribution < -0.4 is 10.6 Å². The Balaban J connectivity index is 1.75. The Hall–Kier alpha value is -3.28. The Labute approximate surface area is 151 Å². The van der Waals surface area contributed by atoms with Gasteiger partial charge in [0.2, 0.25) is 5.95 Å². The van der Waals surface area contributed by atoms with Crippen LogP contribution >= 0.6 is 0 Å². The molecule has 0 aliphatic carbocycles. The van der Waals surface area contributed by atoms with Crippen LogP contribution in [0.1, 0.15) is 27.3 Å². The second-order valence-electron chi connectivity index (χ2n) is 5.93. The number of nitrogens with zero attached hydrogens (tertiary/aromatic N) is 2. The molecule has 3 aromatic rings. The smallest absolute Gasteiger partial charge is 0.270 e. The summed E-state index contributed by atoms with van der Waals surface area (Å²) in [7, 11) is 0. The predicted molar refractivity (Wildman–Crippen MR) is 98.8 cm³/mol. The van der Waals surface area contributed by atoms with E-state index in [0.29, 0.717) is 12.2 Å². The van der Waals surface area contributed by atoms with Crippen molar-refractivity contribution < 1.29 is 9.18 Å². The fourth-order valence-corrected chi connectivity index (χ4v) is 2.50. The summed E-state index contributed by atoms with van der Waals surface area (Å²) in [6.45, 7) is 4.16. The largest absolute Gasteiger partial charge is 0.347 e. The number of amides is 1. The lowest BCUT2D eigenvalue weighted by Crippen LogP contribution is -2.24. The van der Waals surface area contributed by atoms with Crippen LogP contribution in [-0.4, -0.2) is 15.9 Å². The number of para-hydroxylation sites is 1. The summed E-state index contributed by atoms with van der Waals surface area (Å²) < 4.78 is 13.8. The molecule has 3 rings (SSSR count). The molecule has 26 heavy (non-hydrogen) atoms. The summed E-state index contributed by atoms with van der Waals surface area (Å²) in [6, 6.07) is 15.7. The molecule has 0 atom stereocenters. The van der Waals surface area contributed by atoms with Gasteiger partial charge in [0.25, 0.3) is 5.91 Å². The van der Waals surface area contributed by atoms with E-state index in [4.69, 9.17) is 0 Å². The molecule has 0 spiro atoms. The fourth-order valence-electron chi connectivity index (χ4n) is 2.50. The van der Waals surface area contributed by atoms with Gasteiger partial charge in [-0.25, -0.2) is 14.4 Å². The molecule has 0 saturated heterocycles. The first kappa shape index (κ1) is 17.5. The Morgan fingerprint density at radius 3 is 2.54 bits per heavy atom. The number of nitrogens with one attached hydrogen (secondary N) is 2. The number of aromatic nitrogens is 2. The lowest BCUT2D eigenvalue weighted by molar-refractivity contribution is 0.0945. The quantitative estimate of drug-likeness (QED) is 0.732. The monoisotopic (exact) mass is 350 g/mol. The zero-order valence-corrected chi connectivity index (χ0v) is 14.6. The van der Waals surface area contributed by atoms with Crippen LogP contribution in [0.15, 0.2) is 54.6 Å². The van der Waals surface area contributed by atoms with Gasteiger partial charge in [-0.2, -0.15) is 0 Å². The third-order valence-corrected chi connectivity index (χ3v) is 3.91. The van der Waals surface area contributed by atoms with Gasteiger partial charge in [-0.1, -0.05) is 36.4 Å². The third-order valence-electron chi connectivity index (χ3n) is 3.91. The minimum absolute atomic E-state index is 0.177. The minimum atomic E-state index is -0.414. The number of carbonyl (C=O) groups is 1. The normalized spacial score (nSPS) is 10.4. The predicted octanol–water partition coefficient (Wildman–Crippen LogP) is 3.91. The van der Waals surface area contributed by atoms with E-state index < -0.39 is 5.82 Å². The maximum atomic E-state index is 13.8. The van der Waals surface area contributed by atoms with Gasteiger partial charge in [-0.3, -0.25) is 4.79 Å². The molecular formula is C20H19FN4O. The number of hydrogen-bond donors (Lipinski definition) is 2. The molecule has 0 fully saturated rings. The van der Waals surface area contributed by atoms with Crippen LogP contribution in [0.3, 0.4) is 0 Å². The maximum Gasteiger partial charge on any atom is 0.270 e. The molecule has 2 aromatic carbocycles. The van der Waals surface area contributed by atoms with Crippen molar-refractivity contribution in [1.82, 2.24) is 15.3 Å². The van der Waals surface area contributed by atoms with Gasteiger partial charge in [0.1, 0.15) is 11.5 Å². The Morgan fingerprint density at radius 2 is 1.77 bits per heavy atom. The van der Waals surface area contributed by atoms with E-state index in [1.807, 2.05) is 31.2 Å². The second-order valence-corrected chi connectivity index (χ2v) is 5.93. The molecule has 1 aromatic heterocycles. The highest BCUT2D eigenvalue weighted by molar-refractivity contribution is 5.92. The highest BCUT2D eigenvalue weighted by atomic mass is 19.1. The molecule has 1 heterocycles. The maximum absolute atomic E-state index is 13.8. The number of halogens is 1. The summed E-state index contributed by atoms with van der Waals surface area (Å²) in [6.07, 6.45) is 0. The van der Waals surface area contributed by atoms with E-state index in [-0.39, 0.29) is 23.2 Å². The van der Waals surface area contributed by atoms with Gasteiger partial charge >= 0.3 is 0 Å². The highest BCUT2D eigenvalue weighted by Crippen LogP contribution is 2.17. The van der Waals surface area contributed by atoms with Gasteiger partial charge < -0.3 is 10.6 Å². The number of carbonyl (C=O) groups excluding carboxylic acids is 1. The van der Waals surface area contributed by atoms with Crippen molar-refractivity contribution in [1.29, 1.82) is 0 Å². The van der Waals surface area contributed by atoms with Crippen molar-refractivity contribution in [2.75, 3.05) is 5.32 Å². The van der Waals surface area contributed by atoms with E-state index in [0.717, 1.165) is 11.1 Å². The van der Waals surface area contributed by atoms with Crippen molar-refractivity contribution in [3.8, 4) is 0 Å². The van der Waals surface area contributed by atoms with Gasteiger partial charge in [-0.15, -0.1) is 0 Å². The third kappa shape index (κ3) is 4.22. The minimum Gasteiger partial charge on any atom is -0.347 e. The van der Waals surface area contributed by atoms with E-state index in [1.165, 1.54) is 6.07 Å². The molecule has 0 saturated carbocycles. The van der Waals surface area contributed by atoms with Crippen molar-refractivity contribution in [2.45, 2.75) is 20.4 Å². The molecule has 5 nitrogen and oxygen atoms in total. The van der Waals surface area contributed by atoms with E-state index in [2.05, 4.69) is 20.6 Å². The van der Waals surface area contributed by atoms with Gasteiger partial charge in [0.05, 0.1) is 5.69 Å². The molecule has 0 aliphatic heterocycles. The van der Waals surface area contributed by atoms with Crippen LogP contribution in [0.4, 0.5) is 16.0 Å². The number of rotatable bonds is 5. The summed E-state index contributed by atoms with van der Waals surface area (Å²) in [5, 5.41) is 5.67. The molecule has 132 valence electrons. The zero-order chi connectivity index (χ0) is 18.5. The second kappa shape index (κ2) is 7.74. The van der Waals surface area contributed by atoms with Gasteiger partial charge in [0, 0.05) is 12.2 Å². The van der Waals surface area contributed by atoms with Crippen LogP contribution in [0, 0.1) is 19.7 Å². The number of anilines is 2. The SMILES string of the molecule is Cc1cc(C(=O)NCc2ccccc2C)nc(Nc2ccccc2F)n1. The summed E-state index contributed by atoms with van der Waals surface area (Å²) >= 11 is 0. The molecule has 0 aliphatic rings. The van der Waals surface area contributed by atoms with E-state index in [9.17, 15) is 9.18 Å². The lowest BCUT2D eigenvalue weighted by Gasteiger charge is -2.10.